The molecule has 5 heteroatoms. The van der Waals surface area contributed by atoms with Gasteiger partial charge in [0.05, 0.1) is 6.54 Å². The summed E-state index contributed by atoms with van der Waals surface area (Å²) in [6, 6.07) is 17.8. The summed E-state index contributed by atoms with van der Waals surface area (Å²) in [5, 5.41) is 6.13. The van der Waals surface area contributed by atoms with Crippen molar-refractivity contribution in [2.75, 3.05) is 26.0 Å². The third-order valence-electron chi connectivity index (χ3n) is 4.21. The summed E-state index contributed by atoms with van der Waals surface area (Å²) in [5.41, 5.74) is 2.93. The Kier molecular flexibility index (Phi) is 7.36. The number of hydrogen-bond acceptors (Lipinski definition) is 3. The van der Waals surface area contributed by atoms with E-state index in [2.05, 4.69) is 10.6 Å². The number of benzene rings is 2. The minimum absolute atomic E-state index is 0.0886. The Hall–Kier alpha value is -2.66. The van der Waals surface area contributed by atoms with Gasteiger partial charge < -0.3 is 15.5 Å². The predicted octanol–water partition coefficient (Wildman–Crippen LogP) is 3.00. The fraction of sp³-hybridized carbons (Fsp3) is 0.333. The van der Waals surface area contributed by atoms with Gasteiger partial charge in [-0.15, -0.1) is 0 Å². The van der Waals surface area contributed by atoms with Gasteiger partial charge in [-0.05, 0) is 36.6 Å². The van der Waals surface area contributed by atoms with Crippen LogP contribution in [0.15, 0.2) is 54.6 Å². The Labute approximate surface area is 155 Å². The lowest BCUT2D eigenvalue weighted by Crippen LogP contribution is -2.30. The fourth-order valence-corrected chi connectivity index (χ4v) is 2.59. The van der Waals surface area contributed by atoms with E-state index in [0.717, 1.165) is 16.8 Å². The summed E-state index contributed by atoms with van der Waals surface area (Å²) in [4.78, 5) is 25.5. The predicted molar refractivity (Wildman–Crippen MR) is 105 cm³/mol. The molecule has 0 aliphatic carbocycles. The molecule has 1 atom stereocenters. The highest BCUT2D eigenvalue weighted by molar-refractivity contribution is 5.92. The topological polar surface area (TPSA) is 61.4 Å². The van der Waals surface area contributed by atoms with Gasteiger partial charge in [0, 0.05) is 32.2 Å². The second-order valence-electron chi connectivity index (χ2n) is 6.55. The Morgan fingerprint density at radius 1 is 1.04 bits per heavy atom. The molecule has 2 aromatic carbocycles. The molecule has 0 aliphatic rings. The molecule has 2 amide bonds. The molecule has 0 heterocycles. The number of nitrogens with one attached hydrogen (secondary N) is 2. The first-order valence-corrected chi connectivity index (χ1v) is 8.83. The van der Waals surface area contributed by atoms with Gasteiger partial charge in [-0.25, -0.2) is 0 Å². The quantitative estimate of drug-likeness (QED) is 0.767. The van der Waals surface area contributed by atoms with Crippen LogP contribution in [0.3, 0.4) is 0 Å². The lowest BCUT2D eigenvalue weighted by atomic mass is 10.1. The van der Waals surface area contributed by atoms with E-state index >= 15 is 0 Å². The second-order valence-corrected chi connectivity index (χ2v) is 6.55. The highest BCUT2D eigenvalue weighted by Gasteiger charge is 2.09. The van der Waals surface area contributed by atoms with Crippen LogP contribution in [0, 0.1) is 0 Å². The van der Waals surface area contributed by atoms with Crippen LogP contribution >= 0.6 is 0 Å². The maximum Gasteiger partial charge on any atom is 0.238 e. The van der Waals surface area contributed by atoms with E-state index < -0.39 is 0 Å². The molecule has 1 unspecified atom stereocenters. The van der Waals surface area contributed by atoms with Crippen LogP contribution in [0.4, 0.5) is 5.69 Å². The first-order valence-electron chi connectivity index (χ1n) is 8.83. The highest BCUT2D eigenvalue weighted by atomic mass is 16.2. The summed E-state index contributed by atoms with van der Waals surface area (Å²) in [6.07, 6.45) is 1.12. The summed E-state index contributed by atoms with van der Waals surface area (Å²) in [5.74, 6) is 0.00726. The maximum absolute atomic E-state index is 12.2. The molecular formula is C21H27N3O2. The number of carbonyl (C=O) groups excluding carboxylic acids is 2. The standard InChI is InChI=1S/C21H27N3O2/c1-16(18-9-5-4-6-10-18)22-15-20(25)23-19-11-7-8-17(14-19)12-13-21(26)24(2)3/h4-11,14,16,22H,12-13,15H2,1-3H3,(H,23,25). The van der Waals surface area contributed by atoms with Crippen molar-refractivity contribution in [2.45, 2.75) is 25.8 Å². The molecule has 5 nitrogen and oxygen atoms in total. The zero-order valence-electron chi connectivity index (χ0n) is 15.7. The fourth-order valence-electron chi connectivity index (χ4n) is 2.59. The van der Waals surface area contributed by atoms with Crippen molar-refractivity contribution in [1.29, 1.82) is 0 Å². The van der Waals surface area contributed by atoms with Gasteiger partial charge >= 0.3 is 0 Å². The molecule has 0 saturated heterocycles. The summed E-state index contributed by atoms with van der Waals surface area (Å²) < 4.78 is 0. The van der Waals surface area contributed by atoms with Crippen molar-refractivity contribution in [3.05, 3.63) is 65.7 Å². The minimum Gasteiger partial charge on any atom is -0.349 e. The number of nitrogens with zero attached hydrogens (tertiary/aromatic N) is 1. The Morgan fingerprint density at radius 3 is 2.46 bits per heavy atom. The van der Waals surface area contributed by atoms with Gasteiger partial charge in [-0.3, -0.25) is 9.59 Å². The maximum atomic E-state index is 12.2. The third kappa shape index (κ3) is 6.33. The molecule has 26 heavy (non-hydrogen) atoms. The number of aryl methyl sites for hydroxylation is 1. The van der Waals surface area contributed by atoms with E-state index in [1.54, 1.807) is 19.0 Å². The molecular weight excluding hydrogens is 326 g/mol. The van der Waals surface area contributed by atoms with Crippen LogP contribution in [0.2, 0.25) is 0 Å². The molecule has 0 aliphatic heterocycles. The van der Waals surface area contributed by atoms with Crippen molar-refractivity contribution in [1.82, 2.24) is 10.2 Å². The van der Waals surface area contributed by atoms with Gasteiger partial charge in [-0.1, -0.05) is 42.5 Å². The summed E-state index contributed by atoms with van der Waals surface area (Å²) >= 11 is 0. The molecule has 0 fully saturated rings. The van der Waals surface area contributed by atoms with Crippen LogP contribution in [0.1, 0.15) is 30.5 Å². The molecule has 2 aromatic rings. The monoisotopic (exact) mass is 353 g/mol. The van der Waals surface area contributed by atoms with Crippen LogP contribution in [-0.4, -0.2) is 37.4 Å². The number of anilines is 1. The normalized spacial score (nSPS) is 11.7. The van der Waals surface area contributed by atoms with Crippen molar-refractivity contribution in [3.63, 3.8) is 0 Å². The number of carbonyl (C=O) groups is 2. The van der Waals surface area contributed by atoms with Crippen LogP contribution in [-0.2, 0) is 16.0 Å². The highest BCUT2D eigenvalue weighted by Crippen LogP contribution is 2.13. The average molecular weight is 353 g/mol. The van der Waals surface area contributed by atoms with Crippen molar-refractivity contribution in [2.24, 2.45) is 0 Å². The van der Waals surface area contributed by atoms with Crippen molar-refractivity contribution >= 4 is 17.5 Å². The molecule has 0 saturated carbocycles. The third-order valence-corrected chi connectivity index (χ3v) is 4.21. The molecule has 0 bridgehead atoms. The minimum atomic E-state index is -0.0886. The van der Waals surface area contributed by atoms with Crippen molar-refractivity contribution < 1.29 is 9.59 Å². The van der Waals surface area contributed by atoms with Gasteiger partial charge in [0.15, 0.2) is 0 Å². The van der Waals surface area contributed by atoms with E-state index in [0.29, 0.717) is 12.8 Å². The lowest BCUT2D eigenvalue weighted by molar-refractivity contribution is -0.128. The smallest absolute Gasteiger partial charge is 0.238 e. The molecule has 138 valence electrons. The van der Waals surface area contributed by atoms with E-state index in [1.165, 1.54) is 0 Å². The largest absolute Gasteiger partial charge is 0.349 e. The molecule has 0 spiro atoms. The Bertz CT molecular complexity index is 729. The zero-order chi connectivity index (χ0) is 18.9. The van der Waals surface area contributed by atoms with Gasteiger partial charge in [0.2, 0.25) is 11.8 Å². The van der Waals surface area contributed by atoms with Gasteiger partial charge in [-0.2, -0.15) is 0 Å². The lowest BCUT2D eigenvalue weighted by Gasteiger charge is -2.14. The Morgan fingerprint density at radius 2 is 1.77 bits per heavy atom. The summed E-state index contributed by atoms with van der Waals surface area (Å²) in [6.45, 7) is 2.27. The van der Waals surface area contributed by atoms with Crippen LogP contribution < -0.4 is 10.6 Å². The molecule has 0 radical (unpaired) electrons. The first kappa shape index (κ1) is 19.7. The Balaban J connectivity index is 1.83. The molecule has 2 N–H and O–H groups in total. The zero-order valence-corrected chi connectivity index (χ0v) is 15.7. The van der Waals surface area contributed by atoms with E-state index in [-0.39, 0.29) is 24.4 Å². The van der Waals surface area contributed by atoms with Crippen molar-refractivity contribution in [3.8, 4) is 0 Å². The number of rotatable bonds is 8. The van der Waals surface area contributed by atoms with Crippen LogP contribution in [0.25, 0.3) is 0 Å². The van der Waals surface area contributed by atoms with Gasteiger partial charge in [0.25, 0.3) is 0 Å². The SMILES string of the molecule is CC(NCC(=O)Nc1cccc(CCC(=O)N(C)C)c1)c1ccccc1. The molecule has 2 rings (SSSR count). The first-order chi connectivity index (χ1) is 12.5. The van der Waals surface area contributed by atoms with E-state index in [1.807, 2.05) is 61.5 Å². The van der Waals surface area contributed by atoms with E-state index in [9.17, 15) is 9.59 Å². The van der Waals surface area contributed by atoms with Crippen LogP contribution in [0.5, 0.6) is 0 Å². The van der Waals surface area contributed by atoms with Gasteiger partial charge in [0.1, 0.15) is 0 Å². The van der Waals surface area contributed by atoms with E-state index in [4.69, 9.17) is 0 Å². The summed E-state index contributed by atoms with van der Waals surface area (Å²) in [7, 11) is 3.50. The molecule has 0 aromatic heterocycles. The number of hydrogen-bond donors (Lipinski definition) is 2. The second kappa shape index (κ2) is 9.73. The number of amides is 2. The average Bonchev–Trinajstić information content (AvgIpc) is 2.65.